The number of hydrogen-bond donors (Lipinski definition) is 2. The first-order valence-corrected chi connectivity index (χ1v) is 25.5. The zero-order chi connectivity index (χ0) is 45.1. The van der Waals surface area contributed by atoms with E-state index in [0.29, 0.717) is 13.1 Å². The van der Waals surface area contributed by atoms with Crippen molar-refractivity contribution in [3.63, 3.8) is 0 Å². The Balaban J connectivity index is 0. The number of ether oxygens (including phenoxy) is 4. The minimum absolute atomic E-state index is 0.000228. The van der Waals surface area contributed by atoms with Gasteiger partial charge in [-0.15, -0.1) is 0 Å². The molecule has 0 heterocycles. The Kier molecular flexibility index (Phi) is 20.7. The van der Waals surface area contributed by atoms with Crippen molar-refractivity contribution in [2.75, 3.05) is 40.3 Å². The number of carbonyl (C=O) groups excluding carboxylic acids is 4. The molecule has 2 N–H and O–H groups in total. The summed E-state index contributed by atoms with van der Waals surface area (Å²) in [4.78, 5) is 51.8. The van der Waals surface area contributed by atoms with Gasteiger partial charge in [-0.25, -0.2) is 19.2 Å². The van der Waals surface area contributed by atoms with Gasteiger partial charge in [-0.2, -0.15) is 0 Å². The molecule has 0 rings (SSSR count). The lowest BCUT2D eigenvalue weighted by Crippen LogP contribution is -2.51. The molecule has 0 aliphatic carbocycles. The largest absolute Gasteiger partial charge is 0.444 e. The second kappa shape index (κ2) is 20.9. The van der Waals surface area contributed by atoms with E-state index in [9.17, 15) is 19.2 Å². The highest BCUT2D eigenvalue weighted by Gasteiger charge is 2.41. The molecule has 0 unspecified atom stereocenters. The highest BCUT2D eigenvalue weighted by Crippen LogP contribution is 2.38. The van der Waals surface area contributed by atoms with Gasteiger partial charge in [-0.1, -0.05) is 41.5 Å². The zero-order valence-electron chi connectivity index (χ0n) is 40.0. The monoisotopic (exact) mass is 837 g/mol. The average Bonchev–Trinajstić information content (AvgIpc) is 2.89. The summed E-state index contributed by atoms with van der Waals surface area (Å²) in [5.41, 5.74) is -2.30. The summed E-state index contributed by atoms with van der Waals surface area (Å²) in [5, 5.41) is 5.46. The van der Waals surface area contributed by atoms with Crippen molar-refractivity contribution >= 4 is 41.0 Å². The first-order chi connectivity index (χ1) is 24.5. The van der Waals surface area contributed by atoms with Gasteiger partial charge in [0.1, 0.15) is 22.4 Å². The Morgan fingerprint density at radius 3 is 0.946 bits per heavy atom. The maximum atomic E-state index is 12.4. The molecule has 332 valence electrons. The van der Waals surface area contributed by atoms with Crippen LogP contribution in [0.3, 0.4) is 0 Å². The Hall–Kier alpha value is -2.57. The summed E-state index contributed by atoms with van der Waals surface area (Å²) in [6, 6.07) is 0. The number of nitrogens with one attached hydrogen (secondary N) is 2. The molecule has 16 heteroatoms. The SMILES string of the molecule is CC(C)(C)OC(=O)NCC(CNC(=O)OC(C)(C)C)O[Si](C)(C)C(C)(C)C.CN(CC(CN(C)C(=O)OC(C)(C)C)O[Si](C)(C)C(C)(C)C)C(=O)OC(C)(C)C. The lowest BCUT2D eigenvalue weighted by Gasteiger charge is -2.41. The number of amides is 4. The standard InChI is InChI=1S/C21H44N2O5Si.C19H40N2O5Si/c1-19(2,3)26-17(24)22(10)14-16(28-29(12,13)21(7,8)9)15-23(11)18(25)27-20(4,5)6;1-17(2,3)24-15(22)20-12-14(26-27(10,11)19(7,8)9)13-21-16(23)25-18(4,5)6/h16H,14-15H2,1-13H3;14H,12-13H2,1-11H3,(H,20,22)(H,21,23). The van der Waals surface area contributed by atoms with Crippen LogP contribution < -0.4 is 10.6 Å². The lowest BCUT2D eigenvalue weighted by molar-refractivity contribution is 0.0107. The topological polar surface area (TPSA) is 154 Å². The van der Waals surface area contributed by atoms with E-state index in [4.69, 9.17) is 27.8 Å². The highest BCUT2D eigenvalue weighted by atomic mass is 28.4. The Morgan fingerprint density at radius 2 is 0.714 bits per heavy atom. The number of hydrogen-bond acceptors (Lipinski definition) is 10. The van der Waals surface area contributed by atoms with Crippen LogP contribution in [0.5, 0.6) is 0 Å². The van der Waals surface area contributed by atoms with Gasteiger partial charge in [0.25, 0.3) is 0 Å². The lowest BCUT2D eigenvalue weighted by atomic mass is 10.2. The van der Waals surface area contributed by atoms with E-state index >= 15 is 0 Å². The molecule has 0 radical (unpaired) electrons. The number of nitrogens with zero attached hydrogens (tertiary/aromatic N) is 2. The summed E-state index contributed by atoms with van der Waals surface area (Å²) in [5.74, 6) is 0. The fourth-order valence-electron chi connectivity index (χ4n) is 3.94. The maximum Gasteiger partial charge on any atom is 0.410 e. The molecule has 0 aromatic heterocycles. The van der Waals surface area contributed by atoms with Crippen molar-refractivity contribution in [3.8, 4) is 0 Å². The summed E-state index contributed by atoms with van der Waals surface area (Å²) in [6.07, 6.45) is -2.59. The van der Waals surface area contributed by atoms with Crippen LogP contribution in [0.1, 0.15) is 125 Å². The van der Waals surface area contributed by atoms with Crippen molar-refractivity contribution in [1.82, 2.24) is 20.4 Å². The summed E-state index contributed by atoms with van der Waals surface area (Å²) >= 11 is 0. The Labute approximate surface area is 343 Å². The van der Waals surface area contributed by atoms with Crippen LogP contribution in [0.4, 0.5) is 19.2 Å². The first-order valence-electron chi connectivity index (χ1n) is 19.6. The van der Waals surface area contributed by atoms with E-state index in [-0.39, 0.29) is 35.4 Å². The third-order valence-corrected chi connectivity index (χ3v) is 17.7. The second-order valence-electron chi connectivity index (χ2n) is 21.5. The van der Waals surface area contributed by atoms with Crippen LogP contribution in [0, 0.1) is 0 Å². The molecule has 0 aromatic rings. The molecule has 4 amide bonds. The minimum Gasteiger partial charge on any atom is -0.444 e. The number of alkyl carbamates (subject to hydrolysis) is 2. The predicted octanol–water partition coefficient (Wildman–Crippen LogP) is 9.54. The minimum atomic E-state index is -2.12. The average molecular weight is 837 g/mol. The van der Waals surface area contributed by atoms with E-state index in [1.807, 2.05) is 41.5 Å². The number of carbonyl (C=O) groups is 4. The first kappa shape index (κ1) is 55.5. The van der Waals surface area contributed by atoms with Gasteiger partial charge in [0.05, 0.1) is 25.3 Å². The van der Waals surface area contributed by atoms with E-state index in [1.54, 1.807) is 55.6 Å². The van der Waals surface area contributed by atoms with Gasteiger partial charge in [0.15, 0.2) is 16.6 Å². The van der Waals surface area contributed by atoms with Crippen LogP contribution in [0.2, 0.25) is 36.3 Å². The van der Waals surface area contributed by atoms with Crippen molar-refractivity contribution in [2.24, 2.45) is 0 Å². The predicted molar refractivity (Wildman–Crippen MR) is 230 cm³/mol. The normalized spacial score (nSPS) is 13.3. The van der Waals surface area contributed by atoms with Gasteiger partial charge >= 0.3 is 24.4 Å². The molecule has 0 saturated carbocycles. The Bertz CT molecular complexity index is 1180. The number of rotatable bonds is 12. The van der Waals surface area contributed by atoms with E-state index in [1.165, 1.54) is 9.80 Å². The van der Waals surface area contributed by atoms with Gasteiger partial charge in [0, 0.05) is 27.2 Å². The van der Waals surface area contributed by atoms with Gasteiger partial charge < -0.3 is 48.2 Å². The maximum absolute atomic E-state index is 12.4. The summed E-state index contributed by atoms with van der Waals surface area (Å²) < 4.78 is 34.4. The highest BCUT2D eigenvalue weighted by molar-refractivity contribution is 6.74. The van der Waals surface area contributed by atoms with Gasteiger partial charge in [-0.3, -0.25) is 0 Å². The molecule has 14 nitrogen and oxygen atoms in total. The smallest absolute Gasteiger partial charge is 0.410 e. The fraction of sp³-hybridized carbons (Fsp3) is 0.900. The third-order valence-electron chi connectivity index (χ3n) is 8.65. The van der Waals surface area contributed by atoms with Crippen molar-refractivity contribution in [3.05, 3.63) is 0 Å². The van der Waals surface area contributed by atoms with E-state index < -0.39 is 63.4 Å². The molecule has 0 aromatic carbocycles. The van der Waals surface area contributed by atoms with Crippen LogP contribution in [-0.4, -0.2) is 126 Å². The second-order valence-corrected chi connectivity index (χ2v) is 31.0. The van der Waals surface area contributed by atoms with Gasteiger partial charge in [-0.05, 0) is 119 Å². The quantitative estimate of drug-likeness (QED) is 0.144. The van der Waals surface area contributed by atoms with Crippen molar-refractivity contribution < 1.29 is 47.0 Å². The summed E-state index contributed by atoms with van der Waals surface area (Å²) in [6.45, 7) is 44.4. The van der Waals surface area contributed by atoms with Crippen molar-refractivity contribution in [1.29, 1.82) is 0 Å². The van der Waals surface area contributed by atoms with E-state index in [0.717, 1.165) is 0 Å². The van der Waals surface area contributed by atoms with E-state index in [2.05, 4.69) is 78.4 Å². The third kappa shape index (κ3) is 25.6. The molecule has 0 fully saturated rings. The molecular formula is C40H84N4O10Si2. The number of likely N-dealkylation sites (N-methyl/N-ethyl adjacent to an activating group) is 2. The van der Waals surface area contributed by atoms with Crippen LogP contribution in [0.25, 0.3) is 0 Å². The molecule has 0 saturated heterocycles. The molecule has 0 bridgehead atoms. The molecule has 0 spiro atoms. The molecule has 56 heavy (non-hydrogen) atoms. The van der Waals surface area contributed by atoms with Gasteiger partial charge in [0.2, 0.25) is 0 Å². The summed E-state index contributed by atoms with van der Waals surface area (Å²) in [7, 11) is -0.844. The molecular weight excluding hydrogens is 753 g/mol. The molecule has 0 atom stereocenters. The van der Waals surface area contributed by atoms with Crippen LogP contribution >= 0.6 is 0 Å². The molecule has 0 aliphatic rings. The zero-order valence-corrected chi connectivity index (χ0v) is 42.0. The van der Waals surface area contributed by atoms with Crippen LogP contribution in [-0.2, 0) is 27.8 Å². The van der Waals surface area contributed by atoms with Crippen molar-refractivity contribution in [2.45, 2.75) is 196 Å². The fourth-order valence-corrected chi connectivity index (χ4v) is 6.63. The Morgan fingerprint density at radius 1 is 0.464 bits per heavy atom. The molecule has 0 aliphatic heterocycles. The van der Waals surface area contributed by atoms with Crippen LogP contribution in [0.15, 0.2) is 0 Å².